The molecule has 0 bridgehead atoms. The summed E-state index contributed by atoms with van der Waals surface area (Å²) < 4.78 is 13.0. The third-order valence-corrected chi connectivity index (χ3v) is 1.88. The molecule has 17 heavy (non-hydrogen) atoms. The molecule has 4 heteroatoms. The highest BCUT2D eigenvalue weighted by Gasteiger charge is 1.97. The third-order valence-electron chi connectivity index (χ3n) is 1.88. The van der Waals surface area contributed by atoms with Gasteiger partial charge < -0.3 is 5.32 Å². The van der Waals surface area contributed by atoms with Crippen LogP contribution in [0.4, 0.5) is 4.39 Å². The second-order valence-corrected chi connectivity index (χ2v) is 3.38. The van der Waals surface area contributed by atoms with E-state index in [9.17, 15) is 9.18 Å². The standard InChI is InChI=1S/C13H11FN2O/c1-10(17)16-5-3-2-4-11-6-12(9-15)8-13(14)7-11/h6-8H,3,5H2,1H3,(H,16,17). The number of rotatable bonds is 2. The van der Waals surface area contributed by atoms with Crippen molar-refractivity contribution in [1.82, 2.24) is 5.32 Å². The van der Waals surface area contributed by atoms with Crippen molar-refractivity contribution in [3.05, 3.63) is 35.1 Å². The summed E-state index contributed by atoms with van der Waals surface area (Å²) in [5.74, 6) is 4.95. The van der Waals surface area contributed by atoms with E-state index in [2.05, 4.69) is 17.2 Å². The van der Waals surface area contributed by atoms with Crippen molar-refractivity contribution in [3.8, 4) is 17.9 Å². The molecular weight excluding hydrogens is 219 g/mol. The van der Waals surface area contributed by atoms with Crippen LogP contribution in [-0.4, -0.2) is 12.5 Å². The highest BCUT2D eigenvalue weighted by atomic mass is 19.1. The number of nitrogens with one attached hydrogen (secondary N) is 1. The molecule has 0 fully saturated rings. The zero-order valence-electron chi connectivity index (χ0n) is 9.38. The molecule has 0 heterocycles. The van der Waals surface area contributed by atoms with Crippen molar-refractivity contribution in [2.45, 2.75) is 13.3 Å². The predicted octanol–water partition coefficient (Wildman–Crippen LogP) is 1.58. The summed E-state index contributed by atoms with van der Waals surface area (Å²) in [5.41, 5.74) is 0.709. The normalized spacial score (nSPS) is 8.76. The molecule has 3 nitrogen and oxygen atoms in total. The molecule has 0 aliphatic rings. The summed E-state index contributed by atoms with van der Waals surface area (Å²) in [4.78, 5) is 10.6. The smallest absolute Gasteiger partial charge is 0.216 e. The zero-order chi connectivity index (χ0) is 12.7. The molecule has 0 unspecified atom stereocenters. The van der Waals surface area contributed by atoms with Gasteiger partial charge in [-0.1, -0.05) is 11.8 Å². The minimum Gasteiger partial charge on any atom is -0.355 e. The van der Waals surface area contributed by atoms with Gasteiger partial charge >= 0.3 is 0 Å². The van der Waals surface area contributed by atoms with Gasteiger partial charge in [0.25, 0.3) is 0 Å². The van der Waals surface area contributed by atoms with Crippen molar-refractivity contribution in [2.24, 2.45) is 0 Å². The molecule has 0 saturated carbocycles. The predicted molar refractivity (Wildman–Crippen MR) is 61.3 cm³/mol. The molecule has 0 radical (unpaired) electrons. The molecule has 1 aromatic rings. The van der Waals surface area contributed by atoms with Gasteiger partial charge in [0.05, 0.1) is 11.6 Å². The largest absolute Gasteiger partial charge is 0.355 e. The Bertz CT molecular complexity index is 520. The first-order valence-corrected chi connectivity index (χ1v) is 5.06. The fourth-order valence-electron chi connectivity index (χ4n) is 1.19. The van der Waals surface area contributed by atoms with Crippen LogP contribution in [0.2, 0.25) is 0 Å². The summed E-state index contributed by atoms with van der Waals surface area (Å²) in [6, 6.07) is 5.81. The summed E-state index contributed by atoms with van der Waals surface area (Å²) in [7, 11) is 0. The maximum absolute atomic E-state index is 13.0. The highest BCUT2D eigenvalue weighted by Crippen LogP contribution is 2.07. The second kappa shape index (κ2) is 6.30. The fourth-order valence-corrected chi connectivity index (χ4v) is 1.19. The van der Waals surface area contributed by atoms with Gasteiger partial charge in [-0.05, 0) is 18.2 Å². The van der Waals surface area contributed by atoms with Gasteiger partial charge in [0, 0.05) is 25.5 Å². The monoisotopic (exact) mass is 230 g/mol. The van der Waals surface area contributed by atoms with E-state index in [1.165, 1.54) is 19.1 Å². The molecule has 1 N–H and O–H groups in total. The molecule has 0 atom stereocenters. The van der Waals surface area contributed by atoms with Crippen LogP contribution in [0.15, 0.2) is 18.2 Å². The van der Waals surface area contributed by atoms with Gasteiger partial charge in [0.2, 0.25) is 5.91 Å². The SMILES string of the molecule is CC(=O)NCCC#Cc1cc(F)cc(C#N)c1. The Morgan fingerprint density at radius 1 is 1.41 bits per heavy atom. The van der Waals surface area contributed by atoms with E-state index in [0.717, 1.165) is 6.07 Å². The minimum absolute atomic E-state index is 0.107. The first-order chi connectivity index (χ1) is 8.11. The van der Waals surface area contributed by atoms with Crippen LogP contribution in [0, 0.1) is 29.0 Å². The lowest BCUT2D eigenvalue weighted by atomic mass is 10.1. The molecule has 0 spiro atoms. The molecule has 0 aliphatic carbocycles. The lowest BCUT2D eigenvalue weighted by Crippen LogP contribution is -2.20. The van der Waals surface area contributed by atoms with Gasteiger partial charge in [-0.15, -0.1) is 0 Å². The summed E-state index contributed by atoms with van der Waals surface area (Å²) in [6.07, 6.45) is 0.484. The van der Waals surface area contributed by atoms with Crippen molar-refractivity contribution < 1.29 is 9.18 Å². The molecule has 0 aromatic heterocycles. The van der Waals surface area contributed by atoms with Crippen LogP contribution in [0.1, 0.15) is 24.5 Å². The van der Waals surface area contributed by atoms with Gasteiger partial charge in [-0.25, -0.2) is 4.39 Å². The third kappa shape index (κ3) is 4.81. The van der Waals surface area contributed by atoms with Gasteiger partial charge in [0.1, 0.15) is 5.82 Å². The summed E-state index contributed by atoms with van der Waals surface area (Å²) in [6.45, 7) is 1.89. The Kier molecular flexibility index (Phi) is 4.72. The van der Waals surface area contributed by atoms with Crippen LogP contribution in [-0.2, 0) is 4.79 Å². The molecule has 1 amide bonds. The van der Waals surface area contributed by atoms with Gasteiger partial charge in [-0.2, -0.15) is 5.26 Å². The average molecular weight is 230 g/mol. The Hall–Kier alpha value is -2.33. The van der Waals surface area contributed by atoms with Crippen LogP contribution in [0.3, 0.4) is 0 Å². The Morgan fingerprint density at radius 2 is 2.12 bits per heavy atom. The van der Waals surface area contributed by atoms with Crippen LogP contribution in [0.5, 0.6) is 0 Å². The first-order valence-electron chi connectivity index (χ1n) is 5.06. The number of carbonyl (C=O) groups excluding carboxylic acids is 1. The molecule has 1 rings (SSSR count). The van der Waals surface area contributed by atoms with Crippen molar-refractivity contribution in [3.63, 3.8) is 0 Å². The Balaban J connectivity index is 2.63. The van der Waals surface area contributed by atoms with E-state index >= 15 is 0 Å². The number of hydrogen-bond donors (Lipinski definition) is 1. The Labute approximate surface area is 99.3 Å². The van der Waals surface area contributed by atoms with E-state index in [0.29, 0.717) is 18.5 Å². The van der Waals surface area contributed by atoms with Crippen LogP contribution < -0.4 is 5.32 Å². The van der Waals surface area contributed by atoms with Crippen LogP contribution >= 0.6 is 0 Å². The number of hydrogen-bond acceptors (Lipinski definition) is 2. The van der Waals surface area contributed by atoms with Gasteiger partial charge in [-0.3, -0.25) is 4.79 Å². The number of carbonyl (C=O) groups is 1. The van der Waals surface area contributed by atoms with E-state index in [1.807, 2.05) is 6.07 Å². The Morgan fingerprint density at radius 3 is 2.76 bits per heavy atom. The van der Waals surface area contributed by atoms with Crippen molar-refractivity contribution in [2.75, 3.05) is 6.54 Å². The van der Waals surface area contributed by atoms with E-state index < -0.39 is 5.82 Å². The molecular formula is C13H11FN2O. The first kappa shape index (κ1) is 12.7. The molecule has 0 aliphatic heterocycles. The molecule has 0 saturated heterocycles. The lowest BCUT2D eigenvalue weighted by Gasteiger charge is -1.95. The number of benzene rings is 1. The van der Waals surface area contributed by atoms with Crippen LogP contribution in [0.25, 0.3) is 0 Å². The maximum Gasteiger partial charge on any atom is 0.216 e. The molecule has 1 aromatic carbocycles. The molecule has 86 valence electrons. The minimum atomic E-state index is -0.477. The quantitative estimate of drug-likeness (QED) is 0.619. The number of nitriles is 1. The average Bonchev–Trinajstić information content (AvgIpc) is 2.27. The van der Waals surface area contributed by atoms with E-state index in [-0.39, 0.29) is 11.5 Å². The van der Waals surface area contributed by atoms with E-state index in [4.69, 9.17) is 5.26 Å². The van der Waals surface area contributed by atoms with Crippen molar-refractivity contribution >= 4 is 5.91 Å². The fraction of sp³-hybridized carbons (Fsp3) is 0.231. The second-order valence-electron chi connectivity index (χ2n) is 3.38. The van der Waals surface area contributed by atoms with Crippen molar-refractivity contribution in [1.29, 1.82) is 5.26 Å². The highest BCUT2D eigenvalue weighted by molar-refractivity contribution is 5.72. The summed E-state index contributed by atoms with van der Waals surface area (Å²) >= 11 is 0. The number of halogens is 1. The maximum atomic E-state index is 13.0. The zero-order valence-corrected chi connectivity index (χ0v) is 9.38. The topological polar surface area (TPSA) is 52.9 Å². The summed E-state index contributed by atoms with van der Waals surface area (Å²) in [5, 5.41) is 11.2. The number of amides is 1. The lowest BCUT2D eigenvalue weighted by molar-refractivity contribution is -0.118. The van der Waals surface area contributed by atoms with E-state index in [1.54, 1.807) is 0 Å². The number of nitrogens with zero attached hydrogens (tertiary/aromatic N) is 1. The van der Waals surface area contributed by atoms with Gasteiger partial charge in [0.15, 0.2) is 0 Å².